The van der Waals surface area contributed by atoms with E-state index in [-0.39, 0.29) is 43.0 Å². The summed E-state index contributed by atoms with van der Waals surface area (Å²) in [6.07, 6.45) is 2.83. The minimum atomic E-state index is -0.599. The molecule has 3 fully saturated rings. The predicted molar refractivity (Wildman–Crippen MR) is 88.3 cm³/mol. The maximum Gasteiger partial charge on any atom is 0.316 e. The number of epoxide rings is 1. The molecule has 3 aliphatic rings. The molecule has 0 aromatic heterocycles. The first-order valence-corrected chi connectivity index (χ1v) is 8.98. The van der Waals surface area contributed by atoms with Gasteiger partial charge in [-0.05, 0) is 12.0 Å². The largest absolute Gasteiger partial charge is 0.449 e. The van der Waals surface area contributed by atoms with Gasteiger partial charge in [-0.25, -0.2) is 0 Å². The zero-order chi connectivity index (χ0) is 16.9. The van der Waals surface area contributed by atoms with Gasteiger partial charge in [-0.3, -0.25) is 4.79 Å². The molecule has 1 saturated carbocycles. The van der Waals surface area contributed by atoms with Gasteiger partial charge in [0.25, 0.3) is 0 Å². The van der Waals surface area contributed by atoms with Crippen LogP contribution in [0.15, 0.2) is 30.3 Å². The number of likely N-dealkylation sites (N-methyl/N-ethyl adjacent to an activating group) is 1. The predicted octanol–water partition coefficient (Wildman–Crippen LogP) is 1.45. The van der Waals surface area contributed by atoms with E-state index in [0.717, 1.165) is 16.6 Å². The summed E-state index contributed by atoms with van der Waals surface area (Å²) in [5.41, 5.74) is 0.807. The van der Waals surface area contributed by atoms with Crippen molar-refractivity contribution in [3.05, 3.63) is 35.9 Å². The first-order valence-electron chi connectivity index (χ1n) is 8.98. The Morgan fingerprint density at radius 2 is 1.96 bits per heavy atom. The minimum Gasteiger partial charge on any atom is -0.449 e. The number of hydrogen-bond donors (Lipinski definition) is 1. The number of rotatable bonds is 7. The van der Waals surface area contributed by atoms with Crippen LogP contribution < -0.4 is 0 Å². The van der Waals surface area contributed by atoms with Gasteiger partial charge in [0.05, 0.1) is 20.2 Å². The molecule has 5 heteroatoms. The normalized spacial score (nSPS) is 39.7. The number of likely N-dealkylation sites (tertiary alicyclic amines) is 1. The van der Waals surface area contributed by atoms with E-state index in [1.807, 2.05) is 30.3 Å². The Kier molecular flexibility index (Phi) is 3.90. The highest BCUT2D eigenvalue weighted by atomic mass is 16.6. The number of benzene rings is 1. The fourth-order valence-electron chi connectivity index (χ4n) is 4.86. The van der Waals surface area contributed by atoms with Crippen molar-refractivity contribution in [1.82, 2.24) is 0 Å². The summed E-state index contributed by atoms with van der Waals surface area (Å²) in [4.78, 5) is 12.6. The molecule has 1 aromatic carbocycles. The van der Waals surface area contributed by atoms with Crippen LogP contribution in [0.2, 0.25) is 0 Å². The topological polar surface area (TPSA) is 59.1 Å². The summed E-state index contributed by atoms with van der Waals surface area (Å²) in [5, 5.41) is 9.65. The van der Waals surface area contributed by atoms with Crippen molar-refractivity contribution in [3.8, 4) is 0 Å². The third kappa shape index (κ3) is 2.22. The first-order chi connectivity index (χ1) is 11.6. The van der Waals surface area contributed by atoms with Crippen LogP contribution in [0, 0.1) is 0 Å². The number of carbonyl (C=O) groups is 1. The highest BCUT2D eigenvalue weighted by molar-refractivity contribution is 5.78. The number of ether oxygens (including phenoxy) is 2. The van der Waals surface area contributed by atoms with E-state index < -0.39 is 5.92 Å². The monoisotopic (exact) mass is 332 g/mol. The van der Waals surface area contributed by atoms with Crippen molar-refractivity contribution in [2.75, 3.05) is 20.2 Å². The minimum absolute atomic E-state index is 0.0548. The number of esters is 1. The molecule has 2 aliphatic heterocycles. The summed E-state index contributed by atoms with van der Waals surface area (Å²) in [5.74, 6) is -0.912. The molecular weight excluding hydrogens is 306 g/mol. The van der Waals surface area contributed by atoms with E-state index in [0.29, 0.717) is 0 Å². The SMILES string of the molecule is CCCC[N+]1(C)C2C3OC3C1C2OC(=O)C(CO)c1ccccc1. The van der Waals surface area contributed by atoms with E-state index in [4.69, 9.17) is 9.47 Å². The molecule has 24 heavy (non-hydrogen) atoms. The van der Waals surface area contributed by atoms with Crippen molar-refractivity contribution in [2.45, 2.75) is 56.1 Å². The number of morpholine rings is 1. The molecule has 2 saturated heterocycles. The highest BCUT2D eigenvalue weighted by Crippen LogP contribution is 2.59. The van der Waals surface area contributed by atoms with Crippen LogP contribution in [-0.4, -0.2) is 66.2 Å². The van der Waals surface area contributed by atoms with Gasteiger partial charge in [0.2, 0.25) is 6.10 Å². The van der Waals surface area contributed by atoms with Crippen molar-refractivity contribution in [1.29, 1.82) is 0 Å². The van der Waals surface area contributed by atoms with Gasteiger partial charge in [0, 0.05) is 0 Å². The Labute approximate surface area is 142 Å². The van der Waals surface area contributed by atoms with Gasteiger partial charge in [-0.15, -0.1) is 0 Å². The number of aliphatic hydroxyl groups excluding tert-OH is 1. The van der Waals surface area contributed by atoms with Crippen molar-refractivity contribution < 1.29 is 23.9 Å². The van der Waals surface area contributed by atoms with E-state index in [2.05, 4.69) is 14.0 Å². The van der Waals surface area contributed by atoms with E-state index in [9.17, 15) is 9.90 Å². The molecule has 5 unspecified atom stereocenters. The Morgan fingerprint density at radius 3 is 2.54 bits per heavy atom. The average molecular weight is 332 g/mol. The lowest BCUT2D eigenvalue weighted by Crippen LogP contribution is -2.77. The number of carbonyl (C=O) groups excluding carboxylic acids is 1. The first kappa shape index (κ1) is 16.1. The summed E-state index contributed by atoms with van der Waals surface area (Å²) in [6, 6.07) is 9.91. The highest BCUT2D eigenvalue weighted by Gasteiger charge is 2.84. The molecule has 5 nitrogen and oxygen atoms in total. The van der Waals surface area contributed by atoms with Crippen LogP contribution in [0.25, 0.3) is 0 Å². The van der Waals surface area contributed by atoms with E-state index >= 15 is 0 Å². The van der Waals surface area contributed by atoms with Crippen molar-refractivity contribution in [2.24, 2.45) is 0 Å². The summed E-state index contributed by atoms with van der Waals surface area (Å²) < 4.78 is 12.6. The lowest BCUT2D eigenvalue weighted by Gasteiger charge is -2.55. The number of aliphatic hydroxyl groups is 1. The molecule has 1 aromatic rings. The lowest BCUT2D eigenvalue weighted by molar-refractivity contribution is -0.999. The van der Waals surface area contributed by atoms with Crippen LogP contribution in [0.4, 0.5) is 0 Å². The van der Waals surface area contributed by atoms with Crippen molar-refractivity contribution in [3.63, 3.8) is 0 Å². The lowest BCUT2D eigenvalue weighted by atomic mass is 9.91. The average Bonchev–Trinajstić information content (AvgIpc) is 3.19. The number of unbranched alkanes of at least 4 members (excludes halogenated alkanes) is 1. The number of nitrogens with zero attached hydrogens (tertiary/aromatic N) is 1. The third-order valence-corrected chi connectivity index (χ3v) is 6.18. The quantitative estimate of drug-likeness (QED) is 0.466. The second kappa shape index (κ2) is 5.83. The third-order valence-electron chi connectivity index (χ3n) is 6.18. The molecule has 1 aliphatic carbocycles. The van der Waals surface area contributed by atoms with Crippen molar-refractivity contribution >= 4 is 5.97 Å². The fraction of sp³-hybridized carbons (Fsp3) is 0.632. The maximum atomic E-state index is 12.6. The van der Waals surface area contributed by atoms with Gasteiger partial charge >= 0.3 is 5.97 Å². The number of hydrogen-bond acceptors (Lipinski definition) is 4. The van der Waals surface area contributed by atoms with E-state index in [1.54, 1.807) is 0 Å². The standard InChI is InChI=1S/C19H26NO4/c1-3-4-10-20(2)14-16(15(20)18-17(14)23-18)24-19(22)13(11-21)12-8-6-5-7-9-12/h5-9,13-18,21H,3-4,10-11H2,1-2H3/q+1. The van der Waals surface area contributed by atoms with Gasteiger partial charge in [-0.2, -0.15) is 0 Å². The van der Waals surface area contributed by atoms with Gasteiger partial charge < -0.3 is 19.1 Å². The molecule has 2 bridgehead atoms. The molecule has 2 heterocycles. The Balaban J connectivity index is 1.44. The Bertz CT molecular complexity index is 603. The van der Waals surface area contributed by atoms with Crippen LogP contribution in [-0.2, 0) is 14.3 Å². The second-order valence-corrected chi connectivity index (χ2v) is 7.52. The summed E-state index contributed by atoms with van der Waals surface area (Å²) in [7, 11) is 2.27. The van der Waals surface area contributed by atoms with Gasteiger partial charge in [-0.1, -0.05) is 43.7 Å². The molecule has 0 radical (unpaired) electrons. The van der Waals surface area contributed by atoms with Gasteiger partial charge in [0.15, 0.2) is 12.1 Å². The van der Waals surface area contributed by atoms with Crippen LogP contribution in [0.1, 0.15) is 31.2 Å². The molecule has 130 valence electrons. The Hall–Kier alpha value is -1.43. The van der Waals surface area contributed by atoms with Crippen LogP contribution >= 0.6 is 0 Å². The summed E-state index contributed by atoms with van der Waals surface area (Å²) >= 11 is 0. The van der Waals surface area contributed by atoms with Crippen LogP contribution in [0.5, 0.6) is 0 Å². The van der Waals surface area contributed by atoms with Gasteiger partial charge in [0.1, 0.15) is 18.1 Å². The smallest absolute Gasteiger partial charge is 0.316 e. The molecule has 1 N–H and O–H groups in total. The maximum absolute atomic E-state index is 12.6. The van der Waals surface area contributed by atoms with Crippen LogP contribution in [0.3, 0.4) is 0 Å². The Morgan fingerprint density at radius 1 is 1.29 bits per heavy atom. The molecule has 0 spiro atoms. The second-order valence-electron chi connectivity index (χ2n) is 7.52. The molecular formula is C19H26NO4+. The zero-order valence-electron chi connectivity index (χ0n) is 14.3. The number of fused-ring (bicyclic) bond motifs is 5. The molecule has 0 amide bonds. The number of quaternary nitrogens is 1. The van der Waals surface area contributed by atoms with E-state index in [1.165, 1.54) is 12.8 Å². The summed E-state index contributed by atoms with van der Waals surface area (Å²) in [6.45, 7) is 3.10. The fourth-order valence-corrected chi connectivity index (χ4v) is 4.86. The zero-order valence-corrected chi connectivity index (χ0v) is 14.3. The molecule has 4 rings (SSSR count). The molecule has 5 atom stereocenters.